The van der Waals surface area contributed by atoms with Gasteiger partial charge in [-0.3, -0.25) is 4.79 Å². The normalized spacial score (nSPS) is 10.2. The fraction of sp³-hybridized carbons (Fsp3) is 0.167. The molecule has 0 aliphatic carbocycles. The minimum atomic E-state index is -0.246. The number of hydrogen-bond acceptors (Lipinski definition) is 5. The van der Waals surface area contributed by atoms with Crippen molar-refractivity contribution in [2.75, 3.05) is 18.1 Å². The van der Waals surface area contributed by atoms with Gasteiger partial charge in [0.1, 0.15) is 10.6 Å². The molecule has 0 saturated heterocycles. The van der Waals surface area contributed by atoms with Gasteiger partial charge in [0.15, 0.2) is 5.82 Å². The fourth-order valence-electron chi connectivity index (χ4n) is 1.55. The molecule has 0 spiro atoms. The SMILES string of the molecule is CNC(=O)c1c(N)nsc1NCc1ccc(Cl)cc1. The number of nitrogens with zero attached hydrogens (tertiary/aromatic N) is 1. The van der Waals surface area contributed by atoms with E-state index >= 15 is 0 Å². The van der Waals surface area contributed by atoms with Gasteiger partial charge in [0, 0.05) is 18.6 Å². The summed E-state index contributed by atoms with van der Waals surface area (Å²) in [5.74, 6) is -0.00666. The minimum Gasteiger partial charge on any atom is -0.382 e. The number of nitrogens with two attached hydrogens (primary N) is 1. The van der Waals surface area contributed by atoms with Crippen molar-refractivity contribution < 1.29 is 4.79 Å². The van der Waals surface area contributed by atoms with E-state index in [0.717, 1.165) is 5.56 Å². The molecule has 19 heavy (non-hydrogen) atoms. The van der Waals surface area contributed by atoms with Crippen LogP contribution in [-0.4, -0.2) is 17.3 Å². The summed E-state index contributed by atoms with van der Waals surface area (Å²) in [4.78, 5) is 11.7. The van der Waals surface area contributed by atoms with Crippen molar-refractivity contribution >= 4 is 39.9 Å². The number of rotatable bonds is 4. The third kappa shape index (κ3) is 3.15. The molecule has 5 nitrogen and oxygen atoms in total. The van der Waals surface area contributed by atoms with Crippen LogP contribution >= 0.6 is 23.1 Å². The van der Waals surface area contributed by atoms with Crippen LogP contribution in [0.5, 0.6) is 0 Å². The average Bonchev–Trinajstić information content (AvgIpc) is 2.78. The van der Waals surface area contributed by atoms with E-state index in [-0.39, 0.29) is 11.7 Å². The van der Waals surface area contributed by atoms with Crippen molar-refractivity contribution in [1.29, 1.82) is 0 Å². The van der Waals surface area contributed by atoms with E-state index in [9.17, 15) is 4.79 Å². The topological polar surface area (TPSA) is 80.0 Å². The van der Waals surface area contributed by atoms with Crippen molar-refractivity contribution in [2.24, 2.45) is 0 Å². The Morgan fingerprint density at radius 2 is 2.11 bits per heavy atom. The van der Waals surface area contributed by atoms with Crippen molar-refractivity contribution in [1.82, 2.24) is 9.69 Å². The van der Waals surface area contributed by atoms with Crippen LogP contribution in [0.15, 0.2) is 24.3 Å². The molecule has 1 heterocycles. The van der Waals surface area contributed by atoms with E-state index in [2.05, 4.69) is 15.0 Å². The molecule has 0 aliphatic rings. The Morgan fingerprint density at radius 1 is 1.42 bits per heavy atom. The van der Waals surface area contributed by atoms with E-state index in [4.69, 9.17) is 17.3 Å². The van der Waals surface area contributed by atoms with Crippen LogP contribution in [0.3, 0.4) is 0 Å². The summed E-state index contributed by atoms with van der Waals surface area (Å²) in [5, 5.41) is 7.05. The van der Waals surface area contributed by atoms with Gasteiger partial charge < -0.3 is 16.4 Å². The first-order chi connectivity index (χ1) is 9.11. The Labute approximate surface area is 119 Å². The van der Waals surface area contributed by atoms with Crippen molar-refractivity contribution in [3.05, 3.63) is 40.4 Å². The number of hydrogen-bond donors (Lipinski definition) is 3. The molecule has 0 atom stereocenters. The molecule has 7 heteroatoms. The maximum Gasteiger partial charge on any atom is 0.257 e. The van der Waals surface area contributed by atoms with E-state index in [0.29, 0.717) is 22.1 Å². The first kappa shape index (κ1) is 13.6. The number of carbonyl (C=O) groups excluding carboxylic acids is 1. The highest BCUT2D eigenvalue weighted by atomic mass is 35.5. The lowest BCUT2D eigenvalue weighted by Gasteiger charge is -2.06. The highest BCUT2D eigenvalue weighted by molar-refractivity contribution is 7.11. The van der Waals surface area contributed by atoms with Gasteiger partial charge in [0.2, 0.25) is 0 Å². The van der Waals surface area contributed by atoms with Gasteiger partial charge in [0.25, 0.3) is 5.91 Å². The van der Waals surface area contributed by atoms with Crippen LogP contribution < -0.4 is 16.4 Å². The smallest absolute Gasteiger partial charge is 0.257 e. The van der Waals surface area contributed by atoms with Crippen molar-refractivity contribution in [3.63, 3.8) is 0 Å². The molecule has 2 rings (SSSR count). The van der Waals surface area contributed by atoms with E-state index in [1.54, 1.807) is 7.05 Å². The third-order valence-corrected chi connectivity index (χ3v) is 3.61. The number of amides is 1. The zero-order chi connectivity index (χ0) is 13.8. The van der Waals surface area contributed by atoms with E-state index in [1.807, 2.05) is 24.3 Å². The first-order valence-electron chi connectivity index (χ1n) is 5.57. The molecule has 0 radical (unpaired) electrons. The zero-order valence-electron chi connectivity index (χ0n) is 10.2. The van der Waals surface area contributed by atoms with Crippen LogP contribution in [0, 0.1) is 0 Å². The molecule has 0 unspecified atom stereocenters. The highest BCUT2D eigenvalue weighted by Crippen LogP contribution is 2.27. The molecule has 1 amide bonds. The lowest BCUT2D eigenvalue weighted by molar-refractivity contribution is 0.0965. The van der Waals surface area contributed by atoms with Gasteiger partial charge in [0.05, 0.1) is 0 Å². The summed E-state index contributed by atoms with van der Waals surface area (Å²) < 4.78 is 3.99. The summed E-state index contributed by atoms with van der Waals surface area (Å²) in [6, 6.07) is 7.47. The predicted molar refractivity (Wildman–Crippen MR) is 78.7 cm³/mol. The second-order valence-corrected chi connectivity index (χ2v) is 5.04. The largest absolute Gasteiger partial charge is 0.382 e. The summed E-state index contributed by atoms with van der Waals surface area (Å²) in [6.07, 6.45) is 0. The molecular weight excluding hydrogens is 284 g/mol. The summed E-state index contributed by atoms with van der Waals surface area (Å²) in [7, 11) is 1.56. The van der Waals surface area contributed by atoms with Crippen molar-refractivity contribution in [3.8, 4) is 0 Å². The lowest BCUT2D eigenvalue weighted by atomic mass is 10.2. The first-order valence-corrected chi connectivity index (χ1v) is 6.72. The van der Waals surface area contributed by atoms with Crippen LogP contribution in [-0.2, 0) is 6.54 Å². The molecular formula is C12H13ClN4OS. The number of nitrogens with one attached hydrogen (secondary N) is 2. The Morgan fingerprint density at radius 3 is 2.74 bits per heavy atom. The molecule has 4 N–H and O–H groups in total. The van der Waals surface area contributed by atoms with E-state index < -0.39 is 0 Å². The standard InChI is InChI=1S/C12H13ClN4OS/c1-15-11(18)9-10(14)17-19-12(9)16-6-7-2-4-8(13)5-3-7/h2-5,16H,6H2,1H3,(H2,14,17)(H,15,18). The molecule has 0 bridgehead atoms. The Bertz CT molecular complexity index is 582. The molecule has 100 valence electrons. The number of carbonyl (C=O) groups is 1. The molecule has 0 saturated carbocycles. The Hall–Kier alpha value is -1.79. The number of nitrogen functional groups attached to an aromatic ring is 1. The van der Waals surface area contributed by atoms with Crippen molar-refractivity contribution in [2.45, 2.75) is 6.54 Å². The highest BCUT2D eigenvalue weighted by Gasteiger charge is 2.17. The van der Waals surface area contributed by atoms with Crippen LogP contribution in [0.2, 0.25) is 5.02 Å². The average molecular weight is 297 g/mol. The lowest BCUT2D eigenvalue weighted by Crippen LogP contribution is -2.20. The van der Waals surface area contributed by atoms with Gasteiger partial charge in [-0.2, -0.15) is 4.37 Å². The molecule has 0 fully saturated rings. The number of halogens is 1. The van der Waals surface area contributed by atoms with E-state index in [1.165, 1.54) is 11.5 Å². The van der Waals surface area contributed by atoms with Crippen LogP contribution in [0.4, 0.5) is 10.8 Å². The van der Waals surface area contributed by atoms with Crippen LogP contribution in [0.1, 0.15) is 15.9 Å². The molecule has 2 aromatic rings. The minimum absolute atomic E-state index is 0.239. The maximum atomic E-state index is 11.7. The number of benzene rings is 1. The number of aromatic nitrogens is 1. The van der Waals surface area contributed by atoms with Gasteiger partial charge in [-0.15, -0.1) is 0 Å². The number of anilines is 2. The summed E-state index contributed by atoms with van der Waals surface area (Å²) in [6.45, 7) is 0.572. The zero-order valence-corrected chi connectivity index (χ0v) is 11.8. The van der Waals surface area contributed by atoms with Gasteiger partial charge in [-0.1, -0.05) is 23.7 Å². The molecule has 0 aliphatic heterocycles. The quantitative estimate of drug-likeness (QED) is 0.809. The van der Waals surface area contributed by atoms with Gasteiger partial charge in [-0.05, 0) is 29.2 Å². The second kappa shape index (κ2) is 5.90. The maximum absolute atomic E-state index is 11.7. The van der Waals surface area contributed by atoms with Gasteiger partial charge >= 0.3 is 0 Å². The molecule has 1 aromatic heterocycles. The second-order valence-electron chi connectivity index (χ2n) is 3.83. The Balaban J connectivity index is 2.11. The fourth-order valence-corrected chi connectivity index (χ4v) is 2.38. The monoisotopic (exact) mass is 296 g/mol. The predicted octanol–water partition coefficient (Wildman–Crippen LogP) is 2.35. The van der Waals surface area contributed by atoms with Crippen LogP contribution in [0.25, 0.3) is 0 Å². The molecule has 1 aromatic carbocycles. The summed E-state index contributed by atoms with van der Waals surface area (Å²) in [5.41, 5.74) is 7.13. The summed E-state index contributed by atoms with van der Waals surface area (Å²) >= 11 is 6.99. The van der Waals surface area contributed by atoms with Gasteiger partial charge in [-0.25, -0.2) is 0 Å². The third-order valence-electron chi connectivity index (χ3n) is 2.54. The Kier molecular flexibility index (Phi) is 4.24.